The second-order valence-electron chi connectivity index (χ2n) is 5.78. The highest BCUT2D eigenvalue weighted by molar-refractivity contribution is 5.80. The van der Waals surface area contributed by atoms with E-state index in [1.165, 1.54) is 12.1 Å². The molecule has 1 aliphatic rings. The molecule has 1 fully saturated rings. The highest BCUT2D eigenvalue weighted by Crippen LogP contribution is 2.33. The van der Waals surface area contributed by atoms with E-state index in [0.29, 0.717) is 12.3 Å². The van der Waals surface area contributed by atoms with E-state index in [2.05, 4.69) is 5.16 Å². The summed E-state index contributed by atoms with van der Waals surface area (Å²) in [7, 11) is 0. The third-order valence-electron chi connectivity index (χ3n) is 4.32. The van der Waals surface area contributed by atoms with E-state index in [4.69, 9.17) is 4.52 Å². The summed E-state index contributed by atoms with van der Waals surface area (Å²) in [5, 5.41) is 3.89. The lowest BCUT2D eigenvalue weighted by atomic mass is 10.0. The van der Waals surface area contributed by atoms with Gasteiger partial charge in [0.25, 0.3) is 0 Å². The van der Waals surface area contributed by atoms with Crippen molar-refractivity contribution in [3.8, 4) is 0 Å². The zero-order valence-electron chi connectivity index (χ0n) is 12.8. The van der Waals surface area contributed by atoms with Crippen LogP contribution in [0.25, 0.3) is 0 Å². The molecule has 0 saturated carbocycles. The molecule has 0 aliphatic carbocycles. The van der Waals surface area contributed by atoms with Gasteiger partial charge in [-0.05, 0) is 44.4 Å². The van der Waals surface area contributed by atoms with Crippen LogP contribution in [-0.4, -0.2) is 22.5 Å². The maximum atomic E-state index is 13.4. The third-order valence-corrected chi connectivity index (χ3v) is 4.32. The lowest BCUT2D eigenvalue weighted by Gasteiger charge is -2.25. The first-order chi connectivity index (χ1) is 10.6. The largest absolute Gasteiger partial charge is 0.361 e. The number of benzene rings is 1. The number of aromatic nitrogens is 1. The Bertz CT molecular complexity index is 676. The first-order valence-corrected chi connectivity index (χ1v) is 7.53. The number of likely N-dealkylation sites (tertiary alicyclic amines) is 1. The molecule has 1 aromatic heterocycles. The summed E-state index contributed by atoms with van der Waals surface area (Å²) in [6, 6.07) is 6.49. The van der Waals surface area contributed by atoms with Gasteiger partial charge in [0.05, 0.1) is 18.2 Å². The number of nitrogens with zero attached hydrogens (tertiary/aromatic N) is 2. The number of carbonyl (C=O) groups is 1. The van der Waals surface area contributed by atoms with Crippen LogP contribution in [0.4, 0.5) is 4.39 Å². The summed E-state index contributed by atoms with van der Waals surface area (Å²) in [4.78, 5) is 14.5. The van der Waals surface area contributed by atoms with E-state index < -0.39 is 0 Å². The number of hydrogen-bond acceptors (Lipinski definition) is 3. The summed E-state index contributed by atoms with van der Waals surface area (Å²) in [6.45, 7) is 4.37. The molecule has 1 aromatic carbocycles. The predicted molar refractivity (Wildman–Crippen MR) is 79.8 cm³/mol. The zero-order chi connectivity index (χ0) is 15.7. The topological polar surface area (TPSA) is 46.3 Å². The van der Waals surface area contributed by atoms with E-state index in [1.54, 1.807) is 6.07 Å². The van der Waals surface area contributed by atoms with Crippen LogP contribution in [0, 0.1) is 19.7 Å². The molecular formula is C17H19FN2O2. The fourth-order valence-electron chi connectivity index (χ4n) is 3.13. The Hall–Kier alpha value is -2.17. The fraction of sp³-hybridized carbons (Fsp3) is 0.412. The monoisotopic (exact) mass is 302 g/mol. The number of rotatable bonds is 3. The van der Waals surface area contributed by atoms with Crippen molar-refractivity contribution in [2.45, 2.75) is 39.2 Å². The minimum atomic E-state index is -0.262. The maximum absolute atomic E-state index is 13.4. The van der Waals surface area contributed by atoms with Gasteiger partial charge in [0, 0.05) is 12.1 Å². The third kappa shape index (κ3) is 2.75. The zero-order valence-corrected chi connectivity index (χ0v) is 12.8. The Morgan fingerprint density at radius 1 is 1.45 bits per heavy atom. The van der Waals surface area contributed by atoms with Gasteiger partial charge in [-0.25, -0.2) is 4.39 Å². The molecule has 1 aliphatic heterocycles. The van der Waals surface area contributed by atoms with Crippen molar-refractivity contribution in [3.63, 3.8) is 0 Å². The van der Waals surface area contributed by atoms with Crippen LogP contribution in [0.3, 0.4) is 0 Å². The molecule has 0 bridgehead atoms. The number of hydrogen-bond donors (Lipinski definition) is 0. The van der Waals surface area contributed by atoms with Crippen LogP contribution in [0.15, 0.2) is 28.8 Å². The molecule has 116 valence electrons. The first kappa shape index (κ1) is 14.8. The molecule has 3 rings (SSSR count). The molecule has 22 heavy (non-hydrogen) atoms. The molecule has 0 radical (unpaired) electrons. The molecule has 0 spiro atoms. The van der Waals surface area contributed by atoms with Crippen molar-refractivity contribution in [2.24, 2.45) is 0 Å². The van der Waals surface area contributed by atoms with Crippen LogP contribution in [0.1, 0.15) is 41.5 Å². The second-order valence-corrected chi connectivity index (χ2v) is 5.78. The Balaban J connectivity index is 1.80. The second kappa shape index (κ2) is 5.91. The van der Waals surface area contributed by atoms with Crippen LogP contribution in [-0.2, 0) is 11.2 Å². The smallest absolute Gasteiger partial charge is 0.227 e. The lowest BCUT2D eigenvalue weighted by Crippen LogP contribution is -2.32. The first-order valence-electron chi connectivity index (χ1n) is 7.53. The van der Waals surface area contributed by atoms with E-state index in [-0.39, 0.29) is 24.2 Å². The van der Waals surface area contributed by atoms with Crippen LogP contribution < -0.4 is 0 Å². The molecule has 2 aromatic rings. The molecule has 4 nitrogen and oxygen atoms in total. The Kier molecular flexibility index (Phi) is 3.96. The highest BCUT2D eigenvalue weighted by Gasteiger charge is 2.30. The van der Waals surface area contributed by atoms with Gasteiger partial charge in [0.2, 0.25) is 5.91 Å². The summed E-state index contributed by atoms with van der Waals surface area (Å²) in [5.41, 5.74) is 2.48. The van der Waals surface area contributed by atoms with Gasteiger partial charge in [0.1, 0.15) is 11.6 Å². The van der Waals surface area contributed by atoms with Gasteiger partial charge >= 0.3 is 0 Å². The Morgan fingerprint density at radius 3 is 2.95 bits per heavy atom. The number of halogens is 1. The van der Waals surface area contributed by atoms with E-state index in [9.17, 15) is 9.18 Å². The van der Waals surface area contributed by atoms with Gasteiger partial charge in [-0.1, -0.05) is 17.3 Å². The molecule has 0 N–H and O–H groups in total. The van der Waals surface area contributed by atoms with Gasteiger partial charge in [0.15, 0.2) is 0 Å². The van der Waals surface area contributed by atoms with E-state index >= 15 is 0 Å². The van der Waals surface area contributed by atoms with Crippen molar-refractivity contribution in [1.29, 1.82) is 0 Å². The van der Waals surface area contributed by atoms with E-state index in [1.807, 2.05) is 24.8 Å². The van der Waals surface area contributed by atoms with Crippen molar-refractivity contribution >= 4 is 5.91 Å². The summed E-state index contributed by atoms with van der Waals surface area (Å²) < 4.78 is 18.6. The van der Waals surface area contributed by atoms with Gasteiger partial charge < -0.3 is 9.42 Å². The van der Waals surface area contributed by atoms with Crippen molar-refractivity contribution in [3.05, 3.63) is 52.7 Å². The molecule has 5 heteroatoms. The van der Waals surface area contributed by atoms with Gasteiger partial charge in [-0.3, -0.25) is 4.79 Å². The minimum absolute atomic E-state index is 0.0383. The number of amides is 1. The summed E-state index contributed by atoms with van der Waals surface area (Å²) in [6.07, 6.45) is 2.10. The Morgan fingerprint density at radius 2 is 2.27 bits per heavy atom. The van der Waals surface area contributed by atoms with Gasteiger partial charge in [-0.2, -0.15) is 0 Å². The van der Waals surface area contributed by atoms with Crippen LogP contribution >= 0.6 is 0 Å². The SMILES string of the molecule is Cc1noc(C)c1CC(=O)N1CCCC1c1cccc(F)c1. The lowest BCUT2D eigenvalue weighted by molar-refractivity contribution is -0.131. The molecule has 1 atom stereocenters. The fourth-order valence-corrected chi connectivity index (χ4v) is 3.13. The molecular weight excluding hydrogens is 283 g/mol. The Labute approximate surface area is 128 Å². The minimum Gasteiger partial charge on any atom is -0.361 e. The average Bonchev–Trinajstić information content (AvgIpc) is 3.09. The van der Waals surface area contributed by atoms with Gasteiger partial charge in [-0.15, -0.1) is 0 Å². The van der Waals surface area contributed by atoms with Crippen LogP contribution in [0.5, 0.6) is 0 Å². The highest BCUT2D eigenvalue weighted by atomic mass is 19.1. The van der Waals surface area contributed by atoms with Crippen molar-refractivity contribution in [1.82, 2.24) is 10.1 Å². The van der Waals surface area contributed by atoms with Crippen LogP contribution in [0.2, 0.25) is 0 Å². The number of aryl methyl sites for hydroxylation is 2. The van der Waals surface area contributed by atoms with Crippen molar-refractivity contribution in [2.75, 3.05) is 6.54 Å². The standard InChI is InChI=1S/C17H19FN2O2/c1-11-15(12(2)22-19-11)10-17(21)20-8-4-7-16(20)13-5-3-6-14(18)9-13/h3,5-6,9,16H,4,7-8,10H2,1-2H3. The average molecular weight is 302 g/mol. The molecule has 1 amide bonds. The molecule has 2 heterocycles. The predicted octanol–water partition coefficient (Wildman–Crippen LogP) is 3.34. The van der Waals surface area contributed by atoms with Crippen molar-refractivity contribution < 1.29 is 13.7 Å². The number of carbonyl (C=O) groups excluding carboxylic acids is 1. The normalized spacial score (nSPS) is 18.0. The molecule has 1 unspecified atom stereocenters. The molecule has 1 saturated heterocycles. The van der Waals surface area contributed by atoms with E-state index in [0.717, 1.165) is 29.7 Å². The maximum Gasteiger partial charge on any atom is 0.227 e. The quantitative estimate of drug-likeness (QED) is 0.873. The summed E-state index contributed by atoms with van der Waals surface area (Å²) >= 11 is 0. The summed E-state index contributed by atoms with van der Waals surface area (Å²) in [5.74, 6) is 0.469.